The molecule has 0 unspecified atom stereocenters. The molecule has 0 aromatic carbocycles. The molecule has 0 spiro atoms. The van der Waals surface area contributed by atoms with E-state index in [4.69, 9.17) is 0 Å². The minimum Gasteiger partial charge on any atom is -0.293 e. The second-order valence-electron chi connectivity index (χ2n) is 2.67. The summed E-state index contributed by atoms with van der Waals surface area (Å²) in [7, 11) is 0. The molecular formula is C8H12N2. The smallest absolute Gasteiger partial charge is 0.0424 e. The standard InChI is InChI=1S/C8H12N2/c1-2-6-9(5-1)10-7-3-4-8-10/h1,3,5,7H,2,4,6,8H2. The van der Waals surface area contributed by atoms with Crippen LogP contribution in [0.25, 0.3) is 0 Å². The van der Waals surface area contributed by atoms with Crippen molar-refractivity contribution in [2.24, 2.45) is 0 Å². The summed E-state index contributed by atoms with van der Waals surface area (Å²) in [4.78, 5) is 0. The summed E-state index contributed by atoms with van der Waals surface area (Å²) in [5.41, 5.74) is 0. The number of hydrogen-bond acceptors (Lipinski definition) is 2. The van der Waals surface area contributed by atoms with E-state index in [0.717, 1.165) is 13.1 Å². The lowest BCUT2D eigenvalue weighted by Gasteiger charge is -2.27. The highest BCUT2D eigenvalue weighted by Crippen LogP contribution is 2.13. The Morgan fingerprint density at radius 1 is 0.800 bits per heavy atom. The summed E-state index contributed by atoms with van der Waals surface area (Å²) in [5, 5.41) is 4.53. The van der Waals surface area contributed by atoms with Gasteiger partial charge in [-0.05, 0) is 12.8 Å². The largest absolute Gasteiger partial charge is 0.293 e. The molecule has 2 aliphatic heterocycles. The lowest BCUT2D eigenvalue weighted by atomic mass is 10.5. The molecule has 10 heavy (non-hydrogen) atoms. The van der Waals surface area contributed by atoms with Crippen molar-refractivity contribution in [3.8, 4) is 0 Å². The van der Waals surface area contributed by atoms with Gasteiger partial charge in [0.1, 0.15) is 0 Å². The second-order valence-corrected chi connectivity index (χ2v) is 2.67. The predicted molar refractivity (Wildman–Crippen MR) is 40.9 cm³/mol. The predicted octanol–water partition coefficient (Wildman–Crippen LogP) is 1.34. The highest BCUT2D eigenvalue weighted by molar-refractivity contribution is 4.96. The molecule has 0 N–H and O–H groups in total. The Morgan fingerprint density at radius 3 is 1.60 bits per heavy atom. The maximum absolute atomic E-state index is 2.27. The van der Waals surface area contributed by atoms with Crippen molar-refractivity contribution in [1.82, 2.24) is 10.0 Å². The van der Waals surface area contributed by atoms with Crippen LogP contribution in [0.15, 0.2) is 24.6 Å². The average molecular weight is 136 g/mol. The van der Waals surface area contributed by atoms with Crippen LogP contribution < -0.4 is 0 Å². The second kappa shape index (κ2) is 2.37. The fourth-order valence-corrected chi connectivity index (χ4v) is 1.38. The van der Waals surface area contributed by atoms with Crippen LogP contribution in [-0.4, -0.2) is 23.1 Å². The summed E-state index contributed by atoms with van der Waals surface area (Å²) in [6.45, 7) is 2.31. The zero-order valence-corrected chi connectivity index (χ0v) is 6.03. The molecule has 0 bridgehead atoms. The molecule has 0 atom stereocenters. The van der Waals surface area contributed by atoms with Crippen LogP contribution in [-0.2, 0) is 0 Å². The Balaban J connectivity index is 1.98. The average Bonchev–Trinajstić information content (AvgIpc) is 2.59. The van der Waals surface area contributed by atoms with Crippen LogP contribution >= 0.6 is 0 Å². The minimum atomic E-state index is 1.16. The molecule has 2 heterocycles. The van der Waals surface area contributed by atoms with E-state index in [9.17, 15) is 0 Å². The topological polar surface area (TPSA) is 6.48 Å². The first kappa shape index (κ1) is 5.83. The molecule has 0 saturated carbocycles. The number of nitrogens with zero attached hydrogens (tertiary/aromatic N) is 2. The molecule has 0 saturated heterocycles. The van der Waals surface area contributed by atoms with Gasteiger partial charge in [-0.3, -0.25) is 10.0 Å². The summed E-state index contributed by atoms with van der Waals surface area (Å²) >= 11 is 0. The van der Waals surface area contributed by atoms with Gasteiger partial charge in [0.25, 0.3) is 0 Å². The lowest BCUT2D eigenvalue weighted by Crippen LogP contribution is -2.31. The first-order valence-corrected chi connectivity index (χ1v) is 3.83. The Morgan fingerprint density at radius 2 is 1.30 bits per heavy atom. The van der Waals surface area contributed by atoms with Gasteiger partial charge in [-0.2, -0.15) is 0 Å². The van der Waals surface area contributed by atoms with Gasteiger partial charge in [0.2, 0.25) is 0 Å². The third-order valence-corrected chi connectivity index (χ3v) is 1.93. The minimum absolute atomic E-state index is 1.16. The summed E-state index contributed by atoms with van der Waals surface area (Å²) in [6, 6.07) is 0. The van der Waals surface area contributed by atoms with Gasteiger partial charge in [-0.25, -0.2) is 0 Å². The summed E-state index contributed by atoms with van der Waals surface area (Å²) in [5.74, 6) is 0. The molecule has 0 aromatic rings. The third kappa shape index (κ3) is 0.897. The van der Waals surface area contributed by atoms with E-state index in [1.165, 1.54) is 12.8 Å². The van der Waals surface area contributed by atoms with E-state index in [1.54, 1.807) is 0 Å². The van der Waals surface area contributed by atoms with Crippen molar-refractivity contribution >= 4 is 0 Å². The fourth-order valence-electron chi connectivity index (χ4n) is 1.38. The molecule has 0 radical (unpaired) electrons. The fraction of sp³-hybridized carbons (Fsp3) is 0.500. The van der Waals surface area contributed by atoms with E-state index in [2.05, 4.69) is 34.6 Å². The Kier molecular flexibility index (Phi) is 1.38. The summed E-state index contributed by atoms with van der Waals surface area (Å²) < 4.78 is 0. The highest BCUT2D eigenvalue weighted by atomic mass is 15.6. The third-order valence-electron chi connectivity index (χ3n) is 1.93. The molecule has 2 heteroatoms. The van der Waals surface area contributed by atoms with Crippen LogP contribution in [0, 0.1) is 0 Å². The zero-order valence-electron chi connectivity index (χ0n) is 6.03. The molecule has 0 aromatic heterocycles. The Bertz CT molecular complexity index is 152. The normalized spacial score (nSPS) is 23.2. The highest BCUT2D eigenvalue weighted by Gasteiger charge is 2.12. The van der Waals surface area contributed by atoms with Gasteiger partial charge >= 0.3 is 0 Å². The number of hydrogen-bond donors (Lipinski definition) is 0. The van der Waals surface area contributed by atoms with Crippen molar-refractivity contribution in [1.29, 1.82) is 0 Å². The maximum Gasteiger partial charge on any atom is 0.0424 e. The Hall–Kier alpha value is -0.920. The Labute approximate surface area is 61.4 Å². The van der Waals surface area contributed by atoms with E-state index in [1.807, 2.05) is 0 Å². The van der Waals surface area contributed by atoms with Gasteiger partial charge in [-0.1, -0.05) is 12.2 Å². The molecule has 2 nitrogen and oxygen atoms in total. The van der Waals surface area contributed by atoms with E-state index < -0.39 is 0 Å². The van der Waals surface area contributed by atoms with Crippen molar-refractivity contribution < 1.29 is 0 Å². The van der Waals surface area contributed by atoms with Crippen molar-refractivity contribution in [3.63, 3.8) is 0 Å². The first-order valence-electron chi connectivity index (χ1n) is 3.83. The number of rotatable bonds is 1. The van der Waals surface area contributed by atoms with Crippen molar-refractivity contribution in [2.75, 3.05) is 13.1 Å². The monoisotopic (exact) mass is 136 g/mol. The van der Waals surface area contributed by atoms with Crippen LogP contribution in [0.2, 0.25) is 0 Å². The zero-order chi connectivity index (χ0) is 6.81. The molecule has 0 fully saturated rings. The van der Waals surface area contributed by atoms with Crippen LogP contribution in [0.3, 0.4) is 0 Å². The van der Waals surface area contributed by atoms with Crippen LogP contribution in [0.5, 0.6) is 0 Å². The van der Waals surface area contributed by atoms with Gasteiger partial charge in [0.15, 0.2) is 0 Å². The van der Waals surface area contributed by atoms with Gasteiger partial charge < -0.3 is 0 Å². The molecule has 54 valence electrons. The van der Waals surface area contributed by atoms with Gasteiger partial charge in [-0.15, -0.1) is 0 Å². The molecule has 0 aliphatic carbocycles. The van der Waals surface area contributed by atoms with E-state index >= 15 is 0 Å². The van der Waals surface area contributed by atoms with Crippen LogP contribution in [0.1, 0.15) is 12.8 Å². The van der Waals surface area contributed by atoms with Crippen molar-refractivity contribution in [2.45, 2.75) is 12.8 Å². The van der Waals surface area contributed by atoms with Gasteiger partial charge in [0.05, 0.1) is 0 Å². The quantitative estimate of drug-likeness (QED) is 0.536. The van der Waals surface area contributed by atoms with E-state index in [-0.39, 0.29) is 0 Å². The van der Waals surface area contributed by atoms with Gasteiger partial charge in [0, 0.05) is 25.5 Å². The molecule has 2 aliphatic rings. The molecule has 0 amide bonds. The first-order chi connectivity index (χ1) is 4.97. The molecule has 2 rings (SSSR count). The number of hydrazine groups is 1. The lowest BCUT2D eigenvalue weighted by molar-refractivity contribution is 0.100. The maximum atomic E-state index is 2.27. The van der Waals surface area contributed by atoms with Crippen molar-refractivity contribution in [3.05, 3.63) is 24.6 Å². The van der Waals surface area contributed by atoms with E-state index in [0.29, 0.717) is 0 Å². The molecular weight excluding hydrogens is 124 g/mol. The summed E-state index contributed by atoms with van der Waals surface area (Å²) in [6.07, 6.45) is 11.2. The van der Waals surface area contributed by atoms with Crippen LogP contribution in [0.4, 0.5) is 0 Å². The SMILES string of the molecule is C1=CN(N2C=CCC2)CC1.